The molecule has 0 rings (SSSR count). The SMILES string of the molecule is CC(C(O)C(F)(F)F)N(C)C.[Ni]. The molecule has 0 spiro atoms. The van der Waals surface area contributed by atoms with Crippen molar-refractivity contribution < 1.29 is 34.8 Å². The van der Waals surface area contributed by atoms with E-state index in [1.54, 1.807) is 0 Å². The van der Waals surface area contributed by atoms with Crippen molar-refractivity contribution in [3.8, 4) is 0 Å². The van der Waals surface area contributed by atoms with Crippen LogP contribution in [0.3, 0.4) is 0 Å². The average Bonchev–Trinajstić information content (AvgIpc) is 1.82. The van der Waals surface area contributed by atoms with Crippen LogP contribution in [-0.2, 0) is 16.5 Å². The summed E-state index contributed by atoms with van der Waals surface area (Å²) in [5.74, 6) is 0. The molecule has 0 radical (unpaired) electrons. The number of aliphatic hydroxyl groups is 1. The molecule has 0 bridgehead atoms. The first-order chi connectivity index (χ1) is 4.76. The second kappa shape index (κ2) is 5.05. The first kappa shape index (κ1) is 14.7. The molecule has 0 saturated carbocycles. The van der Waals surface area contributed by atoms with Crippen molar-refractivity contribution in [1.82, 2.24) is 4.90 Å². The fraction of sp³-hybridized carbons (Fsp3) is 1.00. The predicted molar refractivity (Wildman–Crippen MR) is 35.2 cm³/mol. The Morgan fingerprint density at radius 3 is 1.67 bits per heavy atom. The van der Waals surface area contributed by atoms with Gasteiger partial charge in [-0.15, -0.1) is 0 Å². The topological polar surface area (TPSA) is 23.5 Å². The molecule has 1 N–H and O–H groups in total. The molecule has 0 aliphatic rings. The Balaban J connectivity index is 0. The molecule has 2 unspecified atom stereocenters. The van der Waals surface area contributed by atoms with Crippen LogP contribution in [0.4, 0.5) is 13.2 Å². The Morgan fingerprint density at radius 2 is 1.58 bits per heavy atom. The van der Waals surface area contributed by atoms with Gasteiger partial charge in [0.1, 0.15) is 0 Å². The third kappa shape index (κ3) is 4.28. The number of hydrogen-bond donors (Lipinski definition) is 1. The minimum atomic E-state index is -4.52. The number of alkyl halides is 3. The summed E-state index contributed by atoms with van der Waals surface area (Å²) in [4.78, 5) is 1.32. The fourth-order valence-corrected chi connectivity index (χ4v) is 0.556. The van der Waals surface area contributed by atoms with Gasteiger partial charge >= 0.3 is 6.18 Å². The first-order valence-electron chi connectivity index (χ1n) is 3.18. The van der Waals surface area contributed by atoms with Gasteiger partial charge in [0, 0.05) is 22.5 Å². The van der Waals surface area contributed by atoms with E-state index in [1.165, 1.54) is 25.9 Å². The van der Waals surface area contributed by atoms with Crippen LogP contribution in [0.15, 0.2) is 0 Å². The van der Waals surface area contributed by atoms with Gasteiger partial charge < -0.3 is 10.0 Å². The molecule has 6 heteroatoms. The van der Waals surface area contributed by atoms with E-state index < -0.39 is 18.3 Å². The number of hydrogen-bond acceptors (Lipinski definition) is 2. The van der Waals surface area contributed by atoms with Crippen LogP contribution in [0, 0.1) is 0 Å². The number of nitrogens with zero attached hydrogens (tertiary/aromatic N) is 1. The Hall–Kier alpha value is 0.204. The summed E-state index contributed by atoms with van der Waals surface area (Å²) in [7, 11) is 2.97. The minimum absolute atomic E-state index is 0. The van der Waals surface area contributed by atoms with E-state index in [1.807, 2.05) is 0 Å². The van der Waals surface area contributed by atoms with Gasteiger partial charge in [0.2, 0.25) is 0 Å². The zero-order chi connectivity index (χ0) is 9.23. The van der Waals surface area contributed by atoms with E-state index >= 15 is 0 Å². The van der Waals surface area contributed by atoms with Crippen LogP contribution in [0.5, 0.6) is 0 Å². The van der Waals surface area contributed by atoms with Crippen molar-refractivity contribution in [3.63, 3.8) is 0 Å². The van der Waals surface area contributed by atoms with Gasteiger partial charge in [0.25, 0.3) is 0 Å². The Labute approximate surface area is 79.7 Å². The molecule has 0 aliphatic heterocycles. The molecule has 0 saturated heterocycles. The van der Waals surface area contributed by atoms with E-state index in [2.05, 4.69) is 0 Å². The molecule has 0 fully saturated rings. The number of aliphatic hydroxyl groups excluding tert-OH is 1. The molecule has 2 nitrogen and oxygen atoms in total. The summed E-state index contributed by atoms with van der Waals surface area (Å²) in [6, 6.07) is -0.907. The standard InChI is InChI=1S/C6H12F3NO.Ni/c1-4(10(2)3)5(11)6(7,8)9;/h4-5,11H,1-3H3;. The van der Waals surface area contributed by atoms with Gasteiger partial charge in [-0.1, -0.05) is 0 Å². The van der Waals surface area contributed by atoms with E-state index in [0.29, 0.717) is 0 Å². The van der Waals surface area contributed by atoms with E-state index in [-0.39, 0.29) is 16.5 Å². The predicted octanol–water partition coefficient (Wildman–Crippen LogP) is 0.857. The quantitative estimate of drug-likeness (QED) is 0.711. The first-order valence-corrected chi connectivity index (χ1v) is 3.18. The minimum Gasteiger partial charge on any atom is -0.382 e. The second-order valence-electron chi connectivity index (χ2n) is 2.69. The second-order valence-corrected chi connectivity index (χ2v) is 2.69. The molecule has 0 aromatic heterocycles. The largest absolute Gasteiger partial charge is 0.415 e. The van der Waals surface area contributed by atoms with Gasteiger partial charge in [-0.3, -0.25) is 0 Å². The monoisotopic (exact) mass is 229 g/mol. The molecule has 2 atom stereocenters. The maximum absolute atomic E-state index is 11.8. The molecule has 0 aromatic rings. The maximum atomic E-state index is 11.8. The van der Waals surface area contributed by atoms with Crippen LogP contribution in [-0.4, -0.2) is 42.4 Å². The Kier molecular flexibility index (Phi) is 6.19. The summed E-state index contributed by atoms with van der Waals surface area (Å²) in [5.41, 5.74) is 0. The van der Waals surface area contributed by atoms with Crippen molar-refractivity contribution in [2.24, 2.45) is 0 Å². The molecule has 0 heterocycles. The number of halogens is 3. The van der Waals surface area contributed by atoms with Crippen LogP contribution < -0.4 is 0 Å². The van der Waals surface area contributed by atoms with Crippen molar-refractivity contribution in [2.45, 2.75) is 25.2 Å². The molecule has 12 heavy (non-hydrogen) atoms. The Bertz CT molecular complexity index is 128. The third-order valence-corrected chi connectivity index (χ3v) is 1.61. The normalized spacial score (nSPS) is 17.0. The van der Waals surface area contributed by atoms with Crippen LogP contribution in [0.1, 0.15) is 6.92 Å². The molecule has 0 aromatic carbocycles. The van der Waals surface area contributed by atoms with Gasteiger partial charge in [0.05, 0.1) is 0 Å². The van der Waals surface area contributed by atoms with Gasteiger partial charge in [-0.2, -0.15) is 13.2 Å². The summed E-state index contributed by atoms with van der Waals surface area (Å²) in [6.07, 6.45) is -6.79. The molecule has 0 amide bonds. The maximum Gasteiger partial charge on any atom is 0.415 e. The van der Waals surface area contributed by atoms with Crippen LogP contribution >= 0.6 is 0 Å². The van der Waals surface area contributed by atoms with Crippen molar-refractivity contribution in [1.29, 1.82) is 0 Å². The van der Waals surface area contributed by atoms with Gasteiger partial charge in [-0.25, -0.2) is 0 Å². The van der Waals surface area contributed by atoms with Gasteiger partial charge in [0.15, 0.2) is 6.10 Å². The van der Waals surface area contributed by atoms with Crippen LogP contribution in [0.2, 0.25) is 0 Å². The molecule has 0 aliphatic carbocycles. The van der Waals surface area contributed by atoms with Crippen LogP contribution in [0.25, 0.3) is 0 Å². The zero-order valence-corrected chi connectivity index (χ0v) is 7.99. The summed E-state index contributed by atoms with van der Waals surface area (Å²) >= 11 is 0. The Morgan fingerprint density at radius 1 is 1.25 bits per heavy atom. The fourth-order valence-electron chi connectivity index (χ4n) is 0.556. The van der Waals surface area contributed by atoms with Crippen molar-refractivity contribution in [2.75, 3.05) is 14.1 Å². The molecule has 78 valence electrons. The van der Waals surface area contributed by atoms with E-state index in [9.17, 15) is 13.2 Å². The molecular formula is C6H12F3NNiO. The number of likely N-dealkylation sites (N-methyl/N-ethyl adjacent to an activating group) is 1. The molecular weight excluding hydrogens is 218 g/mol. The summed E-state index contributed by atoms with van der Waals surface area (Å²) in [6.45, 7) is 1.32. The third-order valence-electron chi connectivity index (χ3n) is 1.61. The summed E-state index contributed by atoms with van der Waals surface area (Å²) < 4.78 is 35.3. The van der Waals surface area contributed by atoms with Crippen molar-refractivity contribution >= 4 is 0 Å². The van der Waals surface area contributed by atoms with E-state index in [4.69, 9.17) is 5.11 Å². The zero-order valence-electron chi connectivity index (χ0n) is 7.00. The smallest absolute Gasteiger partial charge is 0.382 e. The van der Waals surface area contributed by atoms with Crippen molar-refractivity contribution in [3.05, 3.63) is 0 Å². The average molecular weight is 230 g/mol. The number of rotatable bonds is 2. The van der Waals surface area contributed by atoms with E-state index in [0.717, 1.165) is 0 Å². The summed E-state index contributed by atoms with van der Waals surface area (Å²) in [5, 5.41) is 8.66. The van der Waals surface area contributed by atoms with Gasteiger partial charge in [-0.05, 0) is 21.0 Å².